The standard InChI is InChI=1S/C60H107O11P/c1-4-7-10-13-16-19-22-25-27-28-30-33-36-39-42-45-48-51-60(64)71-57(53-67-58(62)49-46-43-40-37-34-31-24-21-18-15-12-9-6-3)55-69-72(65,66)68-54-56(52-61)70-59(63)50-47-44-41-38-35-32-29-26-23-20-17-14-11-8-5-2/h7,10,16,19,25-27,29-30,33,56-57,61H,4-6,8-9,11-15,17-18,20-24,28,31-32,34-55H2,1-3H3,(H,65,66)/b10-7-,19-16-,27-25-,29-26-,33-30-. The van der Waals surface area contributed by atoms with Gasteiger partial charge in [-0.25, -0.2) is 4.57 Å². The molecule has 0 aliphatic rings. The fourth-order valence-corrected chi connectivity index (χ4v) is 8.77. The van der Waals surface area contributed by atoms with E-state index in [0.29, 0.717) is 19.3 Å². The van der Waals surface area contributed by atoms with Crippen LogP contribution >= 0.6 is 7.82 Å². The van der Waals surface area contributed by atoms with Crippen LogP contribution in [0.5, 0.6) is 0 Å². The molecule has 0 aromatic rings. The summed E-state index contributed by atoms with van der Waals surface area (Å²) in [6, 6.07) is 0. The first-order chi connectivity index (χ1) is 35.2. The maximum atomic E-state index is 12.9. The first-order valence-corrected chi connectivity index (χ1v) is 30.7. The molecule has 3 atom stereocenters. The highest BCUT2D eigenvalue weighted by Crippen LogP contribution is 2.43. The molecule has 72 heavy (non-hydrogen) atoms. The molecule has 0 aromatic carbocycles. The summed E-state index contributed by atoms with van der Waals surface area (Å²) < 4.78 is 39.5. The van der Waals surface area contributed by atoms with Crippen molar-refractivity contribution in [1.29, 1.82) is 0 Å². The van der Waals surface area contributed by atoms with Crippen molar-refractivity contribution >= 4 is 25.7 Å². The van der Waals surface area contributed by atoms with Crippen LogP contribution in [0.1, 0.15) is 265 Å². The molecule has 0 radical (unpaired) electrons. The highest BCUT2D eigenvalue weighted by atomic mass is 31.2. The molecule has 3 unspecified atom stereocenters. The van der Waals surface area contributed by atoms with Crippen LogP contribution < -0.4 is 0 Å². The molecule has 12 heteroatoms. The van der Waals surface area contributed by atoms with Crippen molar-refractivity contribution in [3.63, 3.8) is 0 Å². The Balaban J connectivity index is 4.74. The monoisotopic (exact) mass is 1030 g/mol. The van der Waals surface area contributed by atoms with Crippen LogP contribution in [0, 0.1) is 0 Å². The maximum absolute atomic E-state index is 12.9. The fourth-order valence-electron chi connectivity index (χ4n) is 7.99. The number of carbonyl (C=O) groups is 3. The van der Waals surface area contributed by atoms with E-state index in [1.807, 2.05) is 0 Å². The summed E-state index contributed by atoms with van der Waals surface area (Å²) in [6.45, 7) is 4.51. The minimum atomic E-state index is -4.75. The Labute approximate surface area is 440 Å². The molecule has 11 nitrogen and oxygen atoms in total. The Morgan fingerprint density at radius 1 is 0.403 bits per heavy atom. The molecule has 0 aromatic heterocycles. The predicted octanol–water partition coefficient (Wildman–Crippen LogP) is 17.1. The van der Waals surface area contributed by atoms with E-state index >= 15 is 0 Å². The van der Waals surface area contributed by atoms with E-state index in [1.165, 1.54) is 96.3 Å². The molecule has 0 spiro atoms. The number of unbranched alkanes of at least 4 members (excludes halogenated alkanes) is 27. The van der Waals surface area contributed by atoms with Crippen molar-refractivity contribution in [1.82, 2.24) is 0 Å². The van der Waals surface area contributed by atoms with Gasteiger partial charge in [-0.3, -0.25) is 23.4 Å². The van der Waals surface area contributed by atoms with Crippen molar-refractivity contribution in [3.05, 3.63) is 60.8 Å². The lowest BCUT2D eigenvalue weighted by Crippen LogP contribution is -2.30. The molecular formula is C60H107O11P. The average Bonchev–Trinajstić information content (AvgIpc) is 3.37. The summed E-state index contributed by atoms with van der Waals surface area (Å²) >= 11 is 0. The van der Waals surface area contributed by atoms with Gasteiger partial charge in [-0.05, 0) is 83.5 Å². The number of rotatable bonds is 54. The summed E-state index contributed by atoms with van der Waals surface area (Å²) in [4.78, 5) is 48.5. The van der Waals surface area contributed by atoms with E-state index in [0.717, 1.165) is 109 Å². The van der Waals surface area contributed by atoms with Gasteiger partial charge >= 0.3 is 25.7 Å². The maximum Gasteiger partial charge on any atom is 0.472 e. The van der Waals surface area contributed by atoms with Gasteiger partial charge in [-0.15, -0.1) is 0 Å². The summed E-state index contributed by atoms with van der Waals surface area (Å²) in [7, 11) is -4.75. The van der Waals surface area contributed by atoms with Gasteiger partial charge in [0.2, 0.25) is 0 Å². The SMILES string of the molecule is CC/C=C\C/C=C\C/C=C\C/C=C\CCCCCCC(=O)OC(COC(=O)CCCCCCCCCCCCCCC)COP(=O)(O)OCC(CO)OC(=O)CCCCCCC/C=C\CCCCCCCC. The molecule has 0 fully saturated rings. The third kappa shape index (κ3) is 52.1. The highest BCUT2D eigenvalue weighted by molar-refractivity contribution is 7.47. The number of phosphoric acid groups is 1. The highest BCUT2D eigenvalue weighted by Gasteiger charge is 2.28. The smallest absolute Gasteiger partial charge is 0.462 e. The van der Waals surface area contributed by atoms with Crippen molar-refractivity contribution in [3.8, 4) is 0 Å². The number of esters is 3. The molecule has 0 heterocycles. The molecular weight excluding hydrogens is 928 g/mol. The first kappa shape index (κ1) is 69.2. The number of aliphatic hydroxyl groups is 1. The molecule has 0 aliphatic carbocycles. The van der Waals surface area contributed by atoms with Gasteiger partial charge in [-0.2, -0.15) is 0 Å². The van der Waals surface area contributed by atoms with E-state index in [-0.39, 0.29) is 25.9 Å². The average molecular weight is 1040 g/mol. The van der Waals surface area contributed by atoms with Crippen LogP contribution in [0.25, 0.3) is 0 Å². The summed E-state index contributed by atoms with van der Waals surface area (Å²) in [5.74, 6) is -1.49. The minimum absolute atomic E-state index is 0.140. The number of aliphatic hydroxyl groups excluding tert-OH is 1. The first-order valence-electron chi connectivity index (χ1n) is 29.2. The van der Waals surface area contributed by atoms with Crippen molar-refractivity contribution in [2.24, 2.45) is 0 Å². The number of hydrogen-bond donors (Lipinski definition) is 2. The van der Waals surface area contributed by atoms with Crippen LogP contribution in [0.3, 0.4) is 0 Å². The van der Waals surface area contributed by atoms with Crippen molar-refractivity contribution < 1.29 is 52.2 Å². The van der Waals surface area contributed by atoms with Crippen LogP contribution in [0.15, 0.2) is 60.8 Å². The second kappa shape index (κ2) is 54.4. The zero-order chi connectivity index (χ0) is 52.7. The third-order valence-corrected chi connectivity index (χ3v) is 13.4. The molecule has 0 saturated heterocycles. The number of phosphoric ester groups is 1. The molecule has 0 saturated carbocycles. The zero-order valence-electron chi connectivity index (χ0n) is 46.1. The van der Waals surface area contributed by atoms with Crippen molar-refractivity contribution in [2.45, 2.75) is 277 Å². The zero-order valence-corrected chi connectivity index (χ0v) is 47.0. The van der Waals surface area contributed by atoms with E-state index in [1.54, 1.807) is 0 Å². The van der Waals surface area contributed by atoms with Gasteiger partial charge in [0, 0.05) is 19.3 Å². The van der Waals surface area contributed by atoms with Gasteiger partial charge in [0.15, 0.2) is 6.10 Å². The van der Waals surface area contributed by atoms with Gasteiger partial charge in [0.1, 0.15) is 12.7 Å². The summed E-state index contributed by atoms with van der Waals surface area (Å²) in [5, 5.41) is 9.81. The Morgan fingerprint density at radius 3 is 1.12 bits per heavy atom. The van der Waals surface area contributed by atoms with E-state index in [9.17, 15) is 28.9 Å². The van der Waals surface area contributed by atoms with Crippen LogP contribution in [0.4, 0.5) is 0 Å². The van der Waals surface area contributed by atoms with Crippen LogP contribution in [0.2, 0.25) is 0 Å². The largest absolute Gasteiger partial charge is 0.472 e. The van der Waals surface area contributed by atoms with Crippen LogP contribution in [-0.4, -0.2) is 66.5 Å². The molecule has 2 N–H and O–H groups in total. The Kier molecular flexibility index (Phi) is 52.3. The summed E-state index contributed by atoms with van der Waals surface area (Å²) in [6.07, 6.45) is 58.9. The van der Waals surface area contributed by atoms with Crippen molar-refractivity contribution in [2.75, 3.05) is 26.4 Å². The molecule has 0 bridgehead atoms. The lowest BCUT2D eigenvalue weighted by molar-refractivity contribution is -0.161. The number of allylic oxidation sites excluding steroid dienone is 10. The van der Waals surface area contributed by atoms with E-state index in [2.05, 4.69) is 81.5 Å². The number of carbonyl (C=O) groups excluding carboxylic acids is 3. The Hall–Kier alpha value is -2.82. The lowest BCUT2D eigenvalue weighted by Gasteiger charge is -2.21. The minimum Gasteiger partial charge on any atom is -0.462 e. The molecule has 0 amide bonds. The predicted molar refractivity (Wildman–Crippen MR) is 298 cm³/mol. The molecule has 0 aliphatic heterocycles. The second-order valence-electron chi connectivity index (χ2n) is 19.4. The van der Waals surface area contributed by atoms with Gasteiger partial charge < -0.3 is 24.2 Å². The van der Waals surface area contributed by atoms with Gasteiger partial charge in [0.25, 0.3) is 0 Å². The quantitative estimate of drug-likeness (QED) is 0.0197. The topological polar surface area (TPSA) is 155 Å². The Morgan fingerprint density at radius 2 is 0.722 bits per heavy atom. The third-order valence-electron chi connectivity index (χ3n) is 12.4. The van der Waals surface area contributed by atoms with E-state index < -0.39 is 57.8 Å². The van der Waals surface area contributed by atoms with Crippen LogP contribution in [-0.2, 0) is 42.2 Å². The van der Waals surface area contributed by atoms with Gasteiger partial charge in [0.05, 0.1) is 19.8 Å². The van der Waals surface area contributed by atoms with Gasteiger partial charge in [-0.1, -0.05) is 223 Å². The molecule has 418 valence electrons. The summed E-state index contributed by atoms with van der Waals surface area (Å²) in [5.41, 5.74) is 0. The second-order valence-corrected chi connectivity index (χ2v) is 20.9. The lowest BCUT2D eigenvalue weighted by atomic mass is 10.0. The number of hydrogen-bond acceptors (Lipinski definition) is 10. The molecule has 0 rings (SSSR count). The number of ether oxygens (including phenoxy) is 3. The Bertz CT molecular complexity index is 1440. The normalized spacial score (nSPS) is 13.8. The van der Waals surface area contributed by atoms with E-state index in [4.69, 9.17) is 23.3 Å². The fraction of sp³-hybridized carbons (Fsp3) is 0.783.